The van der Waals surface area contributed by atoms with Crippen LogP contribution in [0.4, 0.5) is 0 Å². The molecule has 0 aliphatic carbocycles. The van der Waals surface area contributed by atoms with Crippen molar-refractivity contribution in [3.63, 3.8) is 0 Å². The third-order valence-corrected chi connectivity index (χ3v) is 8.82. The highest BCUT2D eigenvalue weighted by Crippen LogP contribution is 2.25. The summed E-state index contributed by atoms with van der Waals surface area (Å²) in [6.07, 6.45) is 5.62. The smallest absolute Gasteiger partial charge is 0.160 e. The molecule has 2 N–H and O–H groups in total. The second kappa shape index (κ2) is 17.0. The Bertz CT molecular complexity index is 2300. The molecule has 0 atom stereocenters. The molecule has 0 spiro atoms. The lowest BCUT2D eigenvalue weighted by Crippen LogP contribution is -2.13. The van der Waals surface area contributed by atoms with Crippen LogP contribution in [0.5, 0.6) is 0 Å². The fourth-order valence-electron chi connectivity index (χ4n) is 5.73. The summed E-state index contributed by atoms with van der Waals surface area (Å²) >= 11 is 0. The van der Waals surface area contributed by atoms with E-state index in [0.717, 1.165) is 61.3 Å². The zero-order valence-electron chi connectivity index (χ0n) is 30.8. The van der Waals surface area contributed by atoms with E-state index >= 15 is 0 Å². The van der Waals surface area contributed by atoms with Gasteiger partial charge < -0.3 is 5.73 Å². The summed E-state index contributed by atoms with van der Waals surface area (Å²) in [6.45, 7) is 22.7. The number of hydrogen-bond donors (Lipinski definition) is 1. The van der Waals surface area contributed by atoms with Gasteiger partial charge in [-0.05, 0) is 73.7 Å². The van der Waals surface area contributed by atoms with Gasteiger partial charge in [0.2, 0.25) is 0 Å². The molecular weight excluding hydrogens is 633 g/mol. The highest BCUT2D eigenvalue weighted by Gasteiger charge is 2.14. The van der Waals surface area contributed by atoms with E-state index in [0.29, 0.717) is 22.9 Å². The van der Waals surface area contributed by atoms with Crippen LogP contribution in [0.3, 0.4) is 0 Å². The van der Waals surface area contributed by atoms with Gasteiger partial charge in [0, 0.05) is 28.1 Å². The third-order valence-electron chi connectivity index (χ3n) is 8.82. The van der Waals surface area contributed by atoms with Gasteiger partial charge in [0.15, 0.2) is 5.84 Å². The van der Waals surface area contributed by atoms with Crippen LogP contribution in [0.25, 0.3) is 22.2 Å². The molecule has 258 valence electrons. The molecule has 0 unspecified atom stereocenters. The number of nitrogens with two attached hydrogens (primary N) is 1. The van der Waals surface area contributed by atoms with E-state index in [1.165, 1.54) is 10.9 Å². The molecule has 4 nitrogen and oxygen atoms in total. The predicted octanol–water partition coefficient (Wildman–Crippen LogP) is 11.8. The number of rotatable bonds is 11. The molecular formula is C48H46N4. The Morgan fingerprint density at radius 3 is 1.83 bits per heavy atom. The lowest BCUT2D eigenvalue weighted by Gasteiger charge is -2.15. The summed E-state index contributed by atoms with van der Waals surface area (Å²) in [5, 5.41) is 2.32. The van der Waals surface area contributed by atoms with Crippen LogP contribution in [0.2, 0.25) is 0 Å². The van der Waals surface area contributed by atoms with E-state index in [2.05, 4.69) is 69.1 Å². The molecule has 0 saturated heterocycles. The molecule has 0 aromatic heterocycles. The van der Waals surface area contributed by atoms with E-state index in [4.69, 9.17) is 20.7 Å². The van der Waals surface area contributed by atoms with Crippen LogP contribution in [0.15, 0.2) is 197 Å². The zero-order chi connectivity index (χ0) is 37.2. The Hall–Kier alpha value is -6.39. The highest BCUT2D eigenvalue weighted by atomic mass is 14.9. The summed E-state index contributed by atoms with van der Waals surface area (Å²) in [6, 6.07) is 41.0. The van der Waals surface area contributed by atoms with E-state index in [1.807, 2.05) is 119 Å². The minimum Gasteiger partial charge on any atom is -0.398 e. The van der Waals surface area contributed by atoms with Gasteiger partial charge in [-0.3, -0.25) is 0 Å². The molecule has 5 aromatic rings. The molecule has 5 aromatic carbocycles. The van der Waals surface area contributed by atoms with Crippen molar-refractivity contribution in [1.29, 1.82) is 0 Å². The van der Waals surface area contributed by atoms with Crippen molar-refractivity contribution < 1.29 is 0 Å². The van der Waals surface area contributed by atoms with E-state index < -0.39 is 0 Å². The van der Waals surface area contributed by atoms with E-state index in [9.17, 15) is 0 Å². The summed E-state index contributed by atoms with van der Waals surface area (Å²) in [5.41, 5.74) is 19.1. The molecule has 0 saturated carbocycles. The van der Waals surface area contributed by atoms with Gasteiger partial charge in [-0.15, -0.1) is 0 Å². The lowest BCUT2D eigenvalue weighted by molar-refractivity contribution is 1.22. The highest BCUT2D eigenvalue weighted by molar-refractivity contribution is 6.15. The van der Waals surface area contributed by atoms with E-state index in [-0.39, 0.29) is 0 Å². The van der Waals surface area contributed by atoms with Crippen molar-refractivity contribution in [3.05, 3.63) is 215 Å². The molecule has 0 radical (unpaired) electrons. The van der Waals surface area contributed by atoms with Gasteiger partial charge in [-0.25, -0.2) is 15.0 Å². The standard InChI is InChI=1S/C48H46N4/c1-9-10-20-45(32(2)3)46(49)34(5)47(41-17-12-11-13-18-41)50-35(6)38-25-27-39(28-26-38)36(7)51-48(42-23-21-33(4)22-24-42)52-37(8)43-30-29-40-16-14-15-19-44(40)31-43/h9-31H,1,6,8,49H2,2-5,7H3/b20-10-,46-34-,50-47?,51-36?,52-48?. The fourth-order valence-corrected chi connectivity index (χ4v) is 5.73. The van der Waals surface area contributed by atoms with Gasteiger partial charge >= 0.3 is 0 Å². The largest absolute Gasteiger partial charge is 0.398 e. The first-order chi connectivity index (χ1) is 25.0. The normalized spacial score (nSPS) is 12.8. The molecule has 0 bridgehead atoms. The molecule has 0 heterocycles. The molecule has 4 heteroatoms. The van der Waals surface area contributed by atoms with Crippen LogP contribution in [0, 0.1) is 6.92 Å². The SMILES string of the molecule is C=C/C=C\C(=C(C)C)/C(N)=C(\C)C(=NC(=C)c1ccc(C(C)=NC(=NC(=C)c2ccc3ccccc3c2)c2ccc(C)cc2)cc1)c1ccccc1. The maximum absolute atomic E-state index is 6.78. The number of fused-ring (bicyclic) bond motifs is 1. The molecule has 0 fully saturated rings. The number of allylic oxidation sites excluding steroid dienone is 5. The first-order valence-electron chi connectivity index (χ1n) is 17.3. The second-order valence-electron chi connectivity index (χ2n) is 12.9. The number of aryl methyl sites for hydroxylation is 1. The average molecular weight is 679 g/mol. The first-order valence-corrected chi connectivity index (χ1v) is 17.3. The number of nitrogens with zero attached hydrogens (tertiary/aromatic N) is 3. The summed E-state index contributed by atoms with van der Waals surface area (Å²) in [5.74, 6) is 0.597. The van der Waals surface area contributed by atoms with Crippen LogP contribution in [0.1, 0.15) is 61.1 Å². The molecule has 0 aliphatic rings. The van der Waals surface area contributed by atoms with Crippen molar-refractivity contribution in [1.82, 2.24) is 0 Å². The first kappa shape index (κ1) is 36.9. The quantitative estimate of drug-likeness (QED) is 0.0843. The Kier molecular flexibility index (Phi) is 12.1. The van der Waals surface area contributed by atoms with Gasteiger partial charge in [0.05, 0.1) is 17.1 Å². The van der Waals surface area contributed by atoms with Crippen molar-refractivity contribution in [2.24, 2.45) is 20.7 Å². The van der Waals surface area contributed by atoms with Crippen molar-refractivity contribution in [2.75, 3.05) is 0 Å². The number of benzene rings is 5. The monoisotopic (exact) mass is 678 g/mol. The average Bonchev–Trinajstić information content (AvgIpc) is 3.16. The molecule has 5 rings (SSSR count). The number of aliphatic imine (C=N–C) groups is 3. The minimum atomic E-state index is 0.597. The topological polar surface area (TPSA) is 63.1 Å². The minimum absolute atomic E-state index is 0.597. The lowest BCUT2D eigenvalue weighted by atomic mass is 9.96. The number of hydrogen-bond acceptors (Lipinski definition) is 3. The van der Waals surface area contributed by atoms with Gasteiger partial charge in [-0.1, -0.05) is 164 Å². The maximum atomic E-state index is 6.78. The van der Waals surface area contributed by atoms with Gasteiger partial charge in [0.1, 0.15) is 0 Å². The fraction of sp³-hybridized carbons (Fsp3) is 0.104. The van der Waals surface area contributed by atoms with Crippen molar-refractivity contribution in [3.8, 4) is 0 Å². The Morgan fingerprint density at radius 2 is 1.17 bits per heavy atom. The second-order valence-corrected chi connectivity index (χ2v) is 12.9. The van der Waals surface area contributed by atoms with Crippen molar-refractivity contribution in [2.45, 2.75) is 34.6 Å². The Balaban J connectivity index is 1.48. The molecule has 0 amide bonds. The predicted molar refractivity (Wildman–Crippen MR) is 226 cm³/mol. The Labute approximate surface area is 308 Å². The summed E-state index contributed by atoms with van der Waals surface area (Å²) < 4.78 is 0. The van der Waals surface area contributed by atoms with Crippen LogP contribution >= 0.6 is 0 Å². The van der Waals surface area contributed by atoms with Crippen LogP contribution < -0.4 is 5.73 Å². The molecule has 52 heavy (non-hydrogen) atoms. The summed E-state index contributed by atoms with van der Waals surface area (Å²) in [7, 11) is 0. The van der Waals surface area contributed by atoms with Crippen LogP contribution in [-0.4, -0.2) is 17.3 Å². The summed E-state index contributed by atoms with van der Waals surface area (Å²) in [4.78, 5) is 15.1. The molecule has 0 aliphatic heterocycles. The Morgan fingerprint density at radius 1 is 0.596 bits per heavy atom. The third kappa shape index (κ3) is 9.04. The maximum Gasteiger partial charge on any atom is 0.160 e. The van der Waals surface area contributed by atoms with Crippen molar-refractivity contribution >= 4 is 39.4 Å². The van der Waals surface area contributed by atoms with Crippen LogP contribution in [-0.2, 0) is 0 Å². The zero-order valence-corrected chi connectivity index (χ0v) is 30.8. The number of amidine groups is 1. The van der Waals surface area contributed by atoms with Gasteiger partial charge in [0.25, 0.3) is 0 Å². The van der Waals surface area contributed by atoms with E-state index in [1.54, 1.807) is 6.08 Å². The van der Waals surface area contributed by atoms with Gasteiger partial charge in [-0.2, -0.15) is 0 Å².